The molecule has 2 aromatic carbocycles. The van der Waals surface area contributed by atoms with Crippen LogP contribution in [0.2, 0.25) is 0 Å². The van der Waals surface area contributed by atoms with Gasteiger partial charge in [0, 0.05) is 10.6 Å². The Labute approximate surface area is 144 Å². The number of nitrogens with zero attached hydrogens (tertiary/aromatic N) is 1. The second-order valence-electron chi connectivity index (χ2n) is 5.46. The van der Waals surface area contributed by atoms with Crippen LogP contribution in [0.5, 0.6) is 0 Å². The summed E-state index contributed by atoms with van der Waals surface area (Å²) in [6, 6.07) is 16.3. The molecule has 1 atom stereocenters. The molecule has 0 bridgehead atoms. The Morgan fingerprint density at radius 3 is 2.67 bits per heavy atom. The lowest BCUT2D eigenvalue weighted by molar-refractivity contribution is -0.144. The summed E-state index contributed by atoms with van der Waals surface area (Å²) < 4.78 is 5.29. The molecule has 0 saturated carbocycles. The van der Waals surface area contributed by atoms with E-state index in [1.807, 2.05) is 54.6 Å². The highest BCUT2D eigenvalue weighted by atomic mass is 32.2. The van der Waals surface area contributed by atoms with Gasteiger partial charge in [0.05, 0.1) is 11.7 Å². The van der Waals surface area contributed by atoms with Crippen LogP contribution in [-0.4, -0.2) is 30.2 Å². The standard InChI is InChI=1S/C18H18N2O3S/c19-14-12-24-16-9-5-4-8-15(16)20(18(14)22)10-17(21)23-11-13-6-2-1-3-7-13/h1-9,14H,10-12,19H2/t14-/m0/s1. The van der Waals surface area contributed by atoms with Gasteiger partial charge in [-0.25, -0.2) is 0 Å². The highest BCUT2D eigenvalue weighted by molar-refractivity contribution is 7.99. The number of thioether (sulfide) groups is 1. The third-order valence-electron chi connectivity index (χ3n) is 3.69. The summed E-state index contributed by atoms with van der Waals surface area (Å²) in [5.41, 5.74) is 7.53. The highest BCUT2D eigenvalue weighted by Crippen LogP contribution is 2.33. The smallest absolute Gasteiger partial charge is 0.326 e. The SMILES string of the molecule is N[C@H]1CSc2ccccc2N(CC(=O)OCc2ccccc2)C1=O. The van der Waals surface area contributed by atoms with Crippen molar-refractivity contribution >= 4 is 29.3 Å². The van der Waals surface area contributed by atoms with E-state index in [2.05, 4.69) is 0 Å². The molecule has 124 valence electrons. The van der Waals surface area contributed by atoms with Crippen molar-refractivity contribution in [2.24, 2.45) is 5.73 Å². The maximum atomic E-state index is 12.5. The highest BCUT2D eigenvalue weighted by Gasteiger charge is 2.30. The molecule has 0 aromatic heterocycles. The van der Waals surface area contributed by atoms with E-state index >= 15 is 0 Å². The fourth-order valence-corrected chi connectivity index (χ4v) is 3.45. The average Bonchev–Trinajstić information content (AvgIpc) is 2.73. The summed E-state index contributed by atoms with van der Waals surface area (Å²) in [6.45, 7) is 0.0428. The van der Waals surface area contributed by atoms with Crippen molar-refractivity contribution in [2.75, 3.05) is 17.2 Å². The van der Waals surface area contributed by atoms with Gasteiger partial charge in [-0.05, 0) is 17.7 Å². The lowest BCUT2D eigenvalue weighted by Gasteiger charge is -2.23. The van der Waals surface area contributed by atoms with Crippen molar-refractivity contribution in [1.29, 1.82) is 0 Å². The molecule has 0 aliphatic carbocycles. The number of esters is 1. The maximum Gasteiger partial charge on any atom is 0.326 e. The molecule has 1 aliphatic rings. The van der Waals surface area contributed by atoms with Gasteiger partial charge >= 0.3 is 5.97 Å². The molecule has 1 aliphatic heterocycles. The fourth-order valence-electron chi connectivity index (χ4n) is 2.45. The van der Waals surface area contributed by atoms with E-state index < -0.39 is 12.0 Å². The summed E-state index contributed by atoms with van der Waals surface area (Å²) in [5, 5.41) is 0. The average molecular weight is 342 g/mol. The zero-order valence-corrected chi connectivity index (χ0v) is 13.9. The van der Waals surface area contributed by atoms with Crippen LogP contribution in [0.3, 0.4) is 0 Å². The Morgan fingerprint density at radius 2 is 1.88 bits per heavy atom. The Kier molecular flexibility index (Phi) is 5.17. The number of hydrogen-bond donors (Lipinski definition) is 1. The van der Waals surface area contributed by atoms with Gasteiger partial charge in [0.25, 0.3) is 0 Å². The van der Waals surface area contributed by atoms with Crippen LogP contribution in [0.4, 0.5) is 5.69 Å². The van der Waals surface area contributed by atoms with Crippen LogP contribution in [0.25, 0.3) is 0 Å². The molecule has 0 unspecified atom stereocenters. The van der Waals surface area contributed by atoms with Gasteiger partial charge in [-0.1, -0.05) is 42.5 Å². The molecule has 0 saturated heterocycles. The Morgan fingerprint density at radius 1 is 1.17 bits per heavy atom. The maximum absolute atomic E-state index is 12.5. The number of ether oxygens (including phenoxy) is 1. The number of amides is 1. The third-order valence-corrected chi connectivity index (χ3v) is 4.87. The predicted molar refractivity (Wildman–Crippen MR) is 93.7 cm³/mol. The zero-order valence-electron chi connectivity index (χ0n) is 13.1. The first-order valence-electron chi connectivity index (χ1n) is 7.63. The minimum absolute atomic E-state index is 0.142. The van der Waals surface area contributed by atoms with Gasteiger partial charge in [0.1, 0.15) is 13.2 Å². The van der Waals surface area contributed by atoms with E-state index in [1.165, 1.54) is 16.7 Å². The van der Waals surface area contributed by atoms with Crippen LogP contribution in [0, 0.1) is 0 Å². The van der Waals surface area contributed by atoms with Crippen LogP contribution in [0.1, 0.15) is 5.56 Å². The number of fused-ring (bicyclic) bond motifs is 1. The largest absolute Gasteiger partial charge is 0.459 e. The number of rotatable bonds is 4. The van der Waals surface area contributed by atoms with E-state index in [0.717, 1.165) is 10.5 Å². The predicted octanol–water partition coefficient (Wildman–Crippen LogP) is 2.20. The first kappa shape index (κ1) is 16.5. The van der Waals surface area contributed by atoms with Gasteiger partial charge < -0.3 is 10.5 Å². The monoisotopic (exact) mass is 342 g/mol. The van der Waals surface area contributed by atoms with E-state index in [9.17, 15) is 9.59 Å². The lowest BCUT2D eigenvalue weighted by atomic mass is 10.2. The Hall–Kier alpha value is -2.31. The quantitative estimate of drug-likeness (QED) is 0.863. The molecule has 1 heterocycles. The van der Waals surface area contributed by atoms with Gasteiger partial charge in [0.15, 0.2) is 0 Å². The molecule has 0 radical (unpaired) electrons. The minimum atomic E-state index is -0.635. The number of carbonyl (C=O) groups excluding carboxylic acids is 2. The van der Waals surface area contributed by atoms with Crippen molar-refractivity contribution in [3.05, 3.63) is 60.2 Å². The van der Waals surface area contributed by atoms with Gasteiger partial charge in [-0.15, -0.1) is 11.8 Å². The minimum Gasteiger partial charge on any atom is -0.459 e. The first-order chi connectivity index (χ1) is 11.6. The molecule has 3 rings (SSSR count). The van der Waals surface area contributed by atoms with Gasteiger partial charge in [-0.2, -0.15) is 0 Å². The molecule has 5 nitrogen and oxygen atoms in total. The van der Waals surface area contributed by atoms with Gasteiger partial charge in [-0.3, -0.25) is 14.5 Å². The number of anilines is 1. The summed E-state index contributed by atoms with van der Waals surface area (Å²) in [5.74, 6) is -0.226. The normalized spacial score (nSPS) is 17.1. The number of benzene rings is 2. The topological polar surface area (TPSA) is 72.6 Å². The molecular formula is C18H18N2O3S. The number of nitrogens with two attached hydrogens (primary N) is 1. The summed E-state index contributed by atoms with van der Waals surface area (Å²) in [6.07, 6.45) is 0. The molecular weight excluding hydrogens is 324 g/mol. The van der Waals surface area contributed by atoms with Gasteiger partial charge in [0.2, 0.25) is 5.91 Å². The van der Waals surface area contributed by atoms with Crippen molar-refractivity contribution in [3.8, 4) is 0 Å². The molecule has 2 N–H and O–H groups in total. The number of para-hydroxylation sites is 1. The molecule has 1 amide bonds. The second kappa shape index (κ2) is 7.51. The molecule has 6 heteroatoms. The van der Waals surface area contributed by atoms with Crippen LogP contribution < -0.4 is 10.6 Å². The van der Waals surface area contributed by atoms with Crippen LogP contribution in [0.15, 0.2) is 59.5 Å². The number of hydrogen-bond acceptors (Lipinski definition) is 5. The first-order valence-corrected chi connectivity index (χ1v) is 8.62. The lowest BCUT2D eigenvalue weighted by Crippen LogP contribution is -2.46. The van der Waals surface area contributed by atoms with Crippen molar-refractivity contribution < 1.29 is 14.3 Å². The van der Waals surface area contributed by atoms with Crippen molar-refractivity contribution in [3.63, 3.8) is 0 Å². The molecule has 24 heavy (non-hydrogen) atoms. The molecule has 0 spiro atoms. The Balaban J connectivity index is 1.72. The fraction of sp³-hybridized carbons (Fsp3) is 0.222. The molecule has 2 aromatic rings. The van der Waals surface area contributed by atoms with Crippen molar-refractivity contribution in [2.45, 2.75) is 17.5 Å². The van der Waals surface area contributed by atoms with Crippen LogP contribution in [-0.2, 0) is 20.9 Å². The van der Waals surface area contributed by atoms with E-state index in [0.29, 0.717) is 11.4 Å². The third kappa shape index (κ3) is 3.77. The zero-order chi connectivity index (χ0) is 16.9. The van der Waals surface area contributed by atoms with E-state index in [4.69, 9.17) is 10.5 Å². The van der Waals surface area contributed by atoms with Crippen molar-refractivity contribution in [1.82, 2.24) is 0 Å². The second-order valence-corrected chi connectivity index (χ2v) is 6.52. The summed E-state index contributed by atoms with van der Waals surface area (Å²) in [7, 11) is 0. The summed E-state index contributed by atoms with van der Waals surface area (Å²) >= 11 is 1.52. The van der Waals surface area contributed by atoms with E-state index in [1.54, 1.807) is 0 Å². The number of carbonyl (C=O) groups is 2. The van der Waals surface area contributed by atoms with E-state index in [-0.39, 0.29) is 19.1 Å². The Bertz CT molecular complexity index is 736. The molecule has 0 fully saturated rings. The van der Waals surface area contributed by atoms with Crippen LogP contribution >= 0.6 is 11.8 Å². The summed E-state index contributed by atoms with van der Waals surface area (Å²) in [4.78, 5) is 27.1.